The van der Waals surface area contributed by atoms with Crippen molar-refractivity contribution in [2.45, 2.75) is 69.1 Å². The highest BCUT2D eigenvalue weighted by atomic mass is 19.4. The summed E-state index contributed by atoms with van der Waals surface area (Å²) in [5.74, 6) is -2.40. The second kappa shape index (κ2) is 13.3. The minimum absolute atomic E-state index is 0.0121. The van der Waals surface area contributed by atoms with Crippen LogP contribution in [0.15, 0.2) is 66.7 Å². The van der Waals surface area contributed by atoms with Crippen LogP contribution >= 0.6 is 0 Å². The van der Waals surface area contributed by atoms with Gasteiger partial charge in [0.2, 0.25) is 11.8 Å². The fourth-order valence-electron chi connectivity index (χ4n) is 5.31. The molecule has 0 saturated carbocycles. The Bertz CT molecular complexity index is 1400. The van der Waals surface area contributed by atoms with E-state index in [9.17, 15) is 32.7 Å². The number of fused-ring (bicyclic) bond motifs is 1. The molecular weight excluding hydrogens is 551 g/mol. The van der Waals surface area contributed by atoms with Gasteiger partial charge in [-0.25, -0.2) is 4.98 Å². The van der Waals surface area contributed by atoms with Crippen LogP contribution in [0.2, 0.25) is 0 Å². The van der Waals surface area contributed by atoms with Gasteiger partial charge >= 0.3 is 6.18 Å². The van der Waals surface area contributed by atoms with Gasteiger partial charge in [0.15, 0.2) is 0 Å². The Labute approximate surface area is 241 Å². The zero-order chi connectivity index (χ0) is 30.4. The van der Waals surface area contributed by atoms with Gasteiger partial charge in [-0.3, -0.25) is 19.3 Å². The van der Waals surface area contributed by atoms with E-state index in [2.05, 4.69) is 15.6 Å². The zero-order valence-electron chi connectivity index (χ0n) is 23.1. The molecule has 1 aliphatic rings. The van der Waals surface area contributed by atoms with Gasteiger partial charge < -0.3 is 21.5 Å². The minimum atomic E-state index is -4.46. The number of nitrogens with zero attached hydrogens (tertiary/aromatic N) is 2. The normalized spacial score (nSPS) is 19.6. The first-order valence-corrected chi connectivity index (χ1v) is 13.7. The number of likely N-dealkylation sites (tertiary alicyclic amines) is 1. The summed E-state index contributed by atoms with van der Waals surface area (Å²) < 4.78 is 41.1. The van der Waals surface area contributed by atoms with Gasteiger partial charge in [0.1, 0.15) is 17.8 Å². The molecule has 12 heteroatoms. The zero-order valence-corrected chi connectivity index (χ0v) is 23.1. The monoisotopic (exact) mass is 585 g/mol. The first-order chi connectivity index (χ1) is 19.9. The lowest BCUT2D eigenvalue weighted by Crippen LogP contribution is -2.57. The van der Waals surface area contributed by atoms with Crippen molar-refractivity contribution in [1.82, 2.24) is 20.5 Å². The molecule has 2 heterocycles. The van der Waals surface area contributed by atoms with Crippen LogP contribution in [0.5, 0.6) is 0 Å². The largest absolute Gasteiger partial charge is 0.404 e. The molecule has 1 fully saturated rings. The second-order valence-corrected chi connectivity index (χ2v) is 10.6. The molecule has 0 spiro atoms. The number of hydrogen-bond donors (Lipinski definition) is 4. The molecule has 0 bridgehead atoms. The van der Waals surface area contributed by atoms with E-state index in [1.807, 2.05) is 12.1 Å². The maximum Gasteiger partial charge on any atom is 0.404 e. The van der Waals surface area contributed by atoms with Gasteiger partial charge in [-0.1, -0.05) is 54.6 Å². The number of rotatable bonds is 11. The summed E-state index contributed by atoms with van der Waals surface area (Å²) in [7, 11) is 0. The molecule has 9 nitrogen and oxygen atoms in total. The molecule has 4 rings (SSSR count). The van der Waals surface area contributed by atoms with E-state index in [0.717, 1.165) is 10.9 Å². The highest BCUT2D eigenvalue weighted by Gasteiger charge is 2.49. The molecule has 1 aliphatic heterocycles. The van der Waals surface area contributed by atoms with E-state index in [1.54, 1.807) is 55.5 Å². The molecule has 42 heavy (non-hydrogen) atoms. The first-order valence-electron chi connectivity index (χ1n) is 13.7. The summed E-state index contributed by atoms with van der Waals surface area (Å²) in [6.07, 6.45) is -6.07. The summed E-state index contributed by atoms with van der Waals surface area (Å²) in [6.45, 7) is 1.33. The quantitative estimate of drug-likeness (QED) is 0.273. The Morgan fingerprint density at radius 3 is 2.40 bits per heavy atom. The number of amides is 3. The standard InChI is InChI=1S/C30H34F3N5O4/c1-18-11-14-26(30(31,32)33)38(18)17-25(39)23(15-19-7-3-2-4-8-19)36-29(42)24(16-27(34)40)37-28(41)22-13-12-20-9-5-6-10-21(20)35-22/h2-10,12-13,18,23-26,39H,11,14-17H2,1H3,(H2,34,40)(H,36,42)(H,37,41)/t18-,23-,24-,25+,26+/m0/s1. The molecule has 5 atom stereocenters. The van der Waals surface area contributed by atoms with E-state index in [-0.39, 0.29) is 25.1 Å². The highest BCUT2D eigenvalue weighted by Crippen LogP contribution is 2.36. The number of hydrogen-bond acceptors (Lipinski definition) is 6. The number of carbonyl (C=O) groups is 3. The van der Waals surface area contributed by atoms with Gasteiger partial charge in [-0.15, -0.1) is 0 Å². The summed E-state index contributed by atoms with van der Waals surface area (Å²) in [4.78, 5) is 43.8. The number of alkyl halides is 3. The number of aliphatic hydroxyl groups excluding tert-OH is 1. The van der Waals surface area contributed by atoms with Crippen LogP contribution in [0.4, 0.5) is 13.2 Å². The minimum Gasteiger partial charge on any atom is -0.390 e. The Balaban J connectivity index is 1.53. The molecule has 0 radical (unpaired) electrons. The highest BCUT2D eigenvalue weighted by molar-refractivity contribution is 5.99. The van der Waals surface area contributed by atoms with Crippen LogP contribution in [0.1, 0.15) is 42.2 Å². The maximum absolute atomic E-state index is 13.7. The fourth-order valence-corrected chi connectivity index (χ4v) is 5.31. The maximum atomic E-state index is 13.7. The molecule has 0 unspecified atom stereocenters. The van der Waals surface area contributed by atoms with Crippen molar-refractivity contribution in [3.8, 4) is 0 Å². The van der Waals surface area contributed by atoms with Gasteiger partial charge in [-0.05, 0) is 43.9 Å². The number of pyridine rings is 1. The van der Waals surface area contributed by atoms with Gasteiger partial charge in [0.05, 0.1) is 24.1 Å². The number of carbonyl (C=O) groups excluding carboxylic acids is 3. The lowest BCUT2D eigenvalue weighted by Gasteiger charge is -2.34. The van der Waals surface area contributed by atoms with Crippen molar-refractivity contribution in [1.29, 1.82) is 0 Å². The Hall–Kier alpha value is -4.03. The van der Waals surface area contributed by atoms with Crippen LogP contribution in [0.3, 0.4) is 0 Å². The molecule has 224 valence electrons. The van der Waals surface area contributed by atoms with Crippen LogP contribution in [-0.4, -0.2) is 75.7 Å². The van der Waals surface area contributed by atoms with Crippen LogP contribution in [0.25, 0.3) is 10.9 Å². The number of β-amino-alcohol motifs (C(OH)–C–C–N with tert-alkyl or cyclic N) is 1. The summed E-state index contributed by atoms with van der Waals surface area (Å²) >= 11 is 0. The van der Waals surface area contributed by atoms with Crippen molar-refractivity contribution in [2.24, 2.45) is 5.73 Å². The molecule has 5 N–H and O–H groups in total. The van der Waals surface area contributed by atoms with Crippen molar-refractivity contribution < 1.29 is 32.7 Å². The average molecular weight is 586 g/mol. The molecule has 3 aromatic rings. The lowest BCUT2D eigenvalue weighted by atomic mass is 9.99. The molecular formula is C30H34F3N5O4. The van der Waals surface area contributed by atoms with Crippen LogP contribution in [-0.2, 0) is 16.0 Å². The number of primary amides is 1. The number of nitrogens with one attached hydrogen (secondary N) is 2. The number of benzene rings is 2. The van der Waals surface area contributed by atoms with Crippen LogP contribution in [0, 0.1) is 0 Å². The molecule has 1 saturated heterocycles. The lowest BCUT2D eigenvalue weighted by molar-refractivity contribution is -0.182. The fraction of sp³-hybridized carbons (Fsp3) is 0.400. The summed E-state index contributed by atoms with van der Waals surface area (Å²) in [5.41, 5.74) is 6.66. The summed E-state index contributed by atoms with van der Waals surface area (Å²) in [5, 5.41) is 17.1. The van der Waals surface area contributed by atoms with E-state index in [1.165, 1.54) is 11.0 Å². The molecule has 3 amide bonds. The predicted octanol–water partition coefficient (Wildman–Crippen LogP) is 2.71. The van der Waals surface area contributed by atoms with E-state index in [0.29, 0.717) is 11.9 Å². The molecule has 0 aliphatic carbocycles. The van der Waals surface area contributed by atoms with Gasteiger partial charge in [0.25, 0.3) is 5.91 Å². The van der Waals surface area contributed by atoms with Crippen molar-refractivity contribution in [2.75, 3.05) is 6.54 Å². The Morgan fingerprint density at radius 2 is 1.71 bits per heavy atom. The predicted molar refractivity (Wildman–Crippen MR) is 150 cm³/mol. The van der Waals surface area contributed by atoms with Gasteiger partial charge in [0, 0.05) is 18.0 Å². The topological polar surface area (TPSA) is 138 Å². The van der Waals surface area contributed by atoms with Crippen molar-refractivity contribution >= 4 is 28.6 Å². The van der Waals surface area contributed by atoms with E-state index in [4.69, 9.17) is 5.73 Å². The average Bonchev–Trinajstić information content (AvgIpc) is 3.32. The number of halogens is 3. The van der Waals surface area contributed by atoms with Gasteiger partial charge in [-0.2, -0.15) is 13.2 Å². The first kappa shape index (κ1) is 30.9. The number of nitrogens with two attached hydrogens (primary N) is 1. The van der Waals surface area contributed by atoms with E-state index >= 15 is 0 Å². The SMILES string of the molecule is C[C@H]1CC[C@H](C(F)(F)F)N1C[C@@H](O)[C@H](Cc1ccccc1)NC(=O)[C@H](CC(N)=O)NC(=O)c1ccc2ccccc2n1. The number of aliphatic hydroxyl groups is 1. The van der Waals surface area contributed by atoms with E-state index < -0.39 is 60.6 Å². The van der Waals surface area contributed by atoms with Crippen LogP contribution < -0.4 is 16.4 Å². The Kier molecular flexibility index (Phi) is 9.79. The third kappa shape index (κ3) is 7.83. The molecule has 1 aromatic heterocycles. The number of para-hydroxylation sites is 1. The van der Waals surface area contributed by atoms with Crippen molar-refractivity contribution in [3.05, 3.63) is 78.0 Å². The molecule has 2 aromatic carbocycles. The third-order valence-electron chi connectivity index (χ3n) is 7.55. The smallest absolute Gasteiger partial charge is 0.390 e. The Morgan fingerprint density at radius 1 is 1.02 bits per heavy atom. The number of aromatic nitrogens is 1. The third-order valence-corrected chi connectivity index (χ3v) is 7.55. The second-order valence-electron chi connectivity index (χ2n) is 10.6. The summed E-state index contributed by atoms with van der Waals surface area (Å²) in [6, 6.07) is 14.6. The van der Waals surface area contributed by atoms with Crippen molar-refractivity contribution in [3.63, 3.8) is 0 Å².